The van der Waals surface area contributed by atoms with Crippen LogP contribution in [0, 0.1) is 11.3 Å². The topological polar surface area (TPSA) is 0 Å². The van der Waals surface area contributed by atoms with Crippen LogP contribution in [0.5, 0.6) is 0 Å². The Morgan fingerprint density at radius 1 is 1.19 bits per heavy atom. The van der Waals surface area contributed by atoms with Crippen molar-refractivity contribution >= 4 is 5.57 Å². The summed E-state index contributed by atoms with van der Waals surface area (Å²) in [5, 5.41) is 0. The molecular weight excluding hydrogens is 192 g/mol. The van der Waals surface area contributed by atoms with Crippen LogP contribution in [-0.2, 0) is 6.42 Å². The van der Waals surface area contributed by atoms with Gasteiger partial charge in [0.2, 0.25) is 0 Å². The number of fused-ring (bicyclic) bond motifs is 2. The maximum absolute atomic E-state index is 2.38. The summed E-state index contributed by atoms with van der Waals surface area (Å²) in [5.74, 6) is 0.639. The lowest BCUT2D eigenvalue weighted by molar-refractivity contribution is 0.335. The maximum Gasteiger partial charge on any atom is -0.00461 e. The van der Waals surface area contributed by atoms with E-state index >= 15 is 0 Å². The van der Waals surface area contributed by atoms with Crippen LogP contribution < -0.4 is 0 Å². The Morgan fingerprint density at radius 2 is 1.94 bits per heavy atom. The van der Waals surface area contributed by atoms with Gasteiger partial charge in [0, 0.05) is 0 Å². The van der Waals surface area contributed by atoms with E-state index in [1.54, 1.807) is 5.57 Å². The zero-order valence-corrected chi connectivity index (χ0v) is 10.2. The first-order valence-electron chi connectivity index (χ1n) is 6.11. The highest BCUT2D eigenvalue weighted by Crippen LogP contribution is 2.49. The summed E-state index contributed by atoms with van der Waals surface area (Å²) < 4.78 is 0. The van der Waals surface area contributed by atoms with Crippen LogP contribution in [0.3, 0.4) is 0 Å². The summed E-state index contributed by atoms with van der Waals surface area (Å²) in [6.07, 6.45) is 5.84. The Balaban J connectivity index is 2.17. The first-order chi connectivity index (χ1) is 7.60. The number of benzene rings is 1. The van der Waals surface area contributed by atoms with Crippen LogP contribution in [0.25, 0.3) is 5.57 Å². The molecule has 0 heteroatoms. The molecule has 0 radical (unpaired) electrons. The second-order valence-electron chi connectivity index (χ2n) is 5.60. The molecule has 1 aromatic rings. The average Bonchev–Trinajstić information content (AvgIpc) is 2.64. The maximum atomic E-state index is 2.38. The van der Waals surface area contributed by atoms with Crippen LogP contribution in [-0.4, -0.2) is 0 Å². The predicted octanol–water partition coefficient (Wildman–Crippen LogP) is 4.23. The quantitative estimate of drug-likeness (QED) is 0.601. The van der Waals surface area contributed by atoms with Gasteiger partial charge in [0.15, 0.2) is 0 Å². The second kappa shape index (κ2) is 3.10. The van der Waals surface area contributed by atoms with Gasteiger partial charge in [0.1, 0.15) is 0 Å². The minimum absolute atomic E-state index is 0.309. The van der Waals surface area contributed by atoms with Gasteiger partial charge in [-0.1, -0.05) is 62.8 Å². The van der Waals surface area contributed by atoms with Crippen LogP contribution in [0.1, 0.15) is 31.9 Å². The molecule has 2 aliphatic carbocycles. The van der Waals surface area contributed by atoms with Gasteiger partial charge in [-0.25, -0.2) is 0 Å². The largest absolute Gasteiger partial charge is 0.0802 e. The van der Waals surface area contributed by atoms with Crippen molar-refractivity contribution in [3.05, 3.63) is 53.1 Å². The molecule has 0 nitrogen and oxygen atoms in total. The number of hydrogen-bond donors (Lipinski definition) is 0. The summed E-state index contributed by atoms with van der Waals surface area (Å²) in [7, 11) is 0. The molecule has 16 heavy (non-hydrogen) atoms. The fourth-order valence-electron chi connectivity index (χ4n) is 2.91. The smallest absolute Gasteiger partial charge is 0.00461 e. The molecule has 0 saturated carbocycles. The molecule has 0 fully saturated rings. The molecule has 0 heterocycles. The molecule has 1 aromatic carbocycles. The van der Waals surface area contributed by atoms with Gasteiger partial charge in [0.05, 0.1) is 0 Å². The first-order valence-corrected chi connectivity index (χ1v) is 6.11. The SMILES string of the molecule is CC1C=CC2=C(Cc3ccccc32)C1(C)C. The molecule has 0 aliphatic heterocycles. The van der Waals surface area contributed by atoms with E-state index in [4.69, 9.17) is 0 Å². The first kappa shape index (κ1) is 9.89. The minimum atomic E-state index is 0.309. The van der Waals surface area contributed by atoms with Crippen molar-refractivity contribution < 1.29 is 0 Å². The Hall–Kier alpha value is -1.30. The Kier molecular flexibility index (Phi) is 1.92. The van der Waals surface area contributed by atoms with Gasteiger partial charge < -0.3 is 0 Å². The van der Waals surface area contributed by atoms with E-state index < -0.39 is 0 Å². The van der Waals surface area contributed by atoms with Gasteiger partial charge in [0.25, 0.3) is 0 Å². The molecule has 1 unspecified atom stereocenters. The molecule has 0 spiro atoms. The van der Waals surface area contributed by atoms with E-state index in [1.807, 2.05) is 0 Å². The van der Waals surface area contributed by atoms with E-state index in [1.165, 1.54) is 16.7 Å². The van der Waals surface area contributed by atoms with Crippen molar-refractivity contribution in [2.75, 3.05) is 0 Å². The van der Waals surface area contributed by atoms with E-state index in [9.17, 15) is 0 Å². The third-order valence-corrected chi connectivity index (χ3v) is 4.47. The molecule has 2 aliphatic rings. The summed E-state index contributed by atoms with van der Waals surface area (Å²) in [5.41, 5.74) is 6.37. The normalized spacial score (nSPS) is 25.6. The molecule has 3 rings (SSSR count). The summed E-state index contributed by atoms with van der Waals surface area (Å²) in [6.45, 7) is 7.08. The average molecular weight is 210 g/mol. The predicted molar refractivity (Wildman–Crippen MR) is 69.2 cm³/mol. The molecular formula is C16H18. The fourth-order valence-corrected chi connectivity index (χ4v) is 2.91. The third-order valence-electron chi connectivity index (χ3n) is 4.47. The molecule has 1 atom stereocenters. The fraction of sp³-hybridized carbons (Fsp3) is 0.375. The molecule has 82 valence electrons. The molecule has 0 bridgehead atoms. The summed E-state index contributed by atoms with van der Waals surface area (Å²) in [6, 6.07) is 8.82. The zero-order valence-electron chi connectivity index (χ0n) is 10.2. The van der Waals surface area contributed by atoms with Crippen LogP contribution >= 0.6 is 0 Å². The van der Waals surface area contributed by atoms with Crippen LogP contribution in [0.2, 0.25) is 0 Å². The number of allylic oxidation sites excluding steroid dienone is 4. The van der Waals surface area contributed by atoms with Gasteiger partial charge in [-0.15, -0.1) is 0 Å². The Morgan fingerprint density at radius 3 is 2.75 bits per heavy atom. The van der Waals surface area contributed by atoms with E-state index in [0.29, 0.717) is 11.3 Å². The van der Waals surface area contributed by atoms with E-state index in [-0.39, 0.29) is 0 Å². The van der Waals surface area contributed by atoms with Crippen molar-refractivity contribution in [1.82, 2.24) is 0 Å². The minimum Gasteiger partial charge on any atom is -0.0802 e. The Bertz CT molecular complexity index is 501. The molecule has 0 saturated heterocycles. The summed E-state index contributed by atoms with van der Waals surface area (Å²) in [4.78, 5) is 0. The third kappa shape index (κ3) is 1.16. The zero-order chi connectivity index (χ0) is 11.3. The Labute approximate surface area is 97.7 Å². The lowest BCUT2D eigenvalue weighted by Gasteiger charge is -2.35. The van der Waals surface area contributed by atoms with Gasteiger partial charge >= 0.3 is 0 Å². The molecule has 0 N–H and O–H groups in total. The van der Waals surface area contributed by atoms with E-state index in [2.05, 4.69) is 57.2 Å². The van der Waals surface area contributed by atoms with Crippen molar-refractivity contribution in [3.8, 4) is 0 Å². The van der Waals surface area contributed by atoms with Crippen LogP contribution in [0.4, 0.5) is 0 Å². The monoisotopic (exact) mass is 210 g/mol. The van der Waals surface area contributed by atoms with E-state index in [0.717, 1.165) is 6.42 Å². The highest BCUT2D eigenvalue weighted by atomic mass is 14.4. The van der Waals surface area contributed by atoms with Crippen molar-refractivity contribution in [2.24, 2.45) is 11.3 Å². The van der Waals surface area contributed by atoms with Crippen molar-refractivity contribution in [1.29, 1.82) is 0 Å². The lowest BCUT2D eigenvalue weighted by atomic mass is 9.69. The summed E-state index contributed by atoms with van der Waals surface area (Å²) >= 11 is 0. The van der Waals surface area contributed by atoms with Gasteiger partial charge in [-0.2, -0.15) is 0 Å². The van der Waals surface area contributed by atoms with Crippen molar-refractivity contribution in [3.63, 3.8) is 0 Å². The highest BCUT2D eigenvalue weighted by Gasteiger charge is 2.36. The van der Waals surface area contributed by atoms with Crippen molar-refractivity contribution in [2.45, 2.75) is 27.2 Å². The second-order valence-corrected chi connectivity index (χ2v) is 5.60. The number of hydrogen-bond acceptors (Lipinski definition) is 0. The highest BCUT2D eigenvalue weighted by molar-refractivity contribution is 5.84. The molecule has 0 aromatic heterocycles. The number of rotatable bonds is 0. The van der Waals surface area contributed by atoms with Crippen LogP contribution in [0.15, 0.2) is 42.0 Å². The van der Waals surface area contributed by atoms with Gasteiger partial charge in [-0.05, 0) is 34.5 Å². The standard InChI is InChI=1S/C16H18/c1-11-8-9-14-13-7-5-4-6-12(13)10-15(14)16(11,2)3/h4-9,11H,10H2,1-3H3. The lowest BCUT2D eigenvalue weighted by Crippen LogP contribution is -2.25. The van der Waals surface area contributed by atoms with Gasteiger partial charge in [-0.3, -0.25) is 0 Å². The molecule has 0 amide bonds.